The van der Waals surface area contributed by atoms with E-state index in [0.29, 0.717) is 0 Å². The summed E-state index contributed by atoms with van der Waals surface area (Å²) in [5, 5.41) is 6.20. The third-order valence-electron chi connectivity index (χ3n) is 4.09. The SMILES string of the molecule is CCCCc1ccc(S(N)(=O)=O)cc1.Pc1ccc(-c2ccccc2)cc1. The number of aryl methyl sites for hydroxylation is 1. The summed E-state index contributed by atoms with van der Waals surface area (Å²) < 4.78 is 21.9. The minimum Gasteiger partial charge on any atom is -0.225 e. The summed E-state index contributed by atoms with van der Waals surface area (Å²) in [6.45, 7) is 2.12. The van der Waals surface area contributed by atoms with Crippen LogP contribution in [0.1, 0.15) is 25.3 Å². The second-order valence-electron chi connectivity index (χ2n) is 6.28. The van der Waals surface area contributed by atoms with E-state index in [0.717, 1.165) is 24.8 Å². The van der Waals surface area contributed by atoms with Crippen LogP contribution in [-0.4, -0.2) is 8.42 Å². The second kappa shape index (κ2) is 10.4. The lowest BCUT2D eigenvalue weighted by atomic mass is 10.1. The van der Waals surface area contributed by atoms with Crippen LogP contribution in [0.25, 0.3) is 11.1 Å². The number of primary sulfonamides is 1. The number of sulfonamides is 1. The molecule has 0 heterocycles. The predicted octanol–water partition coefficient (Wildman–Crippen LogP) is 4.53. The Kier molecular flexibility index (Phi) is 8.18. The number of benzene rings is 3. The molecule has 3 aromatic carbocycles. The zero-order valence-electron chi connectivity index (χ0n) is 15.5. The number of unbranched alkanes of at least 4 members (excludes halogenated alkanes) is 1. The molecule has 142 valence electrons. The summed E-state index contributed by atoms with van der Waals surface area (Å²) in [6, 6.07) is 25.6. The summed E-state index contributed by atoms with van der Waals surface area (Å²) in [5.74, 6) is 0. The van der Waals surface area contributed by atoms with E-state index in [-0.39, 0.29) is 4.90 Å². The summed E-state index contributed by atoms with van der Waals surface area (Å²) in [6.07, 6.45) is 3.24. The van der Waals surface area contributed by atoms with Gasteiger partial charge in [0.25, 0.3) is 0 Å². The molecule has 1 unspecified atom stereocenters. The molecular weight excluding hydrogens is 373 g/mol. The first-order valence-corrected chi connectivity index (χ1v) is 11.0. The van der Waals surface area contributed by atoms with Crippen molar-refractivity contribution < 1.29 is 8.42 Å². The van der Waals surface area contributed by atoms with Crippen molar-refractivity contribution in [3.63, 3.8) is 0 Å². The van der Waals surface area contributed by atoms with Crippen LogP contribution in [0.3, 0.4) is 0 Å². The molecule has 5 heteroatoms. The fourth-order valence-electron chi connectivity index (χ4n) is 2.53. The molecule has 0 spiro atoms. The van der Waals surface area contributed by atoms with Crippen LogP contribution in [0, 0.1) is 0 Å². The highest BCUT2D eigenvalue weighted by molar-refractivity contribution is 7.89. The molecule has 1 atom stereocenters. The Morgan fingerprint density at radius 1 is 0.815 bits per heavy atom. The lowest BCUT2D eigenvalue weighted by Crippen LogP contribution is -2.11. The maximum absolute atomic E-state index is 10.9. The minimum absolute atomic E-state index is 0.178. The van der Waals surface area contributed by atoms with E-state index >= 15 is 0 Å². The Morgan fingerprint density at radius 2 is 1.37 bits per heavy atom. The Labute approximate surface area is 164 Å². The van der Waals surface area contributed by atoms with Crippen molar-refractivity contribution >= 4 is 24.6 Å². The van der Waals surface area contributed by atoms with Crippen LogP contribution >= 0.6 is 9.24 Å². The van der Waals surface area contributed by atoms with Crippen molar-refractivity contribution in [3.8, 4) is 11.1 Å². The molecule has 0 fully saturated rings. The molecule has 0 aliphatic carbocycles. The van der Waals surface area contributed by atoms with E-state index in [4.69, 9.17) is 5.14 Å². The molecule has 3 nitrogen and oxygen atoms in total. The maximum atomic E-state index is 10.9. The zero-order chi connectivity index (χ0) is 19.7. The molecule has 0 amide bonds. The maximum Gasteiger partial charge on any atom is 0.238 e. The molecular formula is C22H26NO2PS. The van der Waals surface area contributed by atoms with E-state index in [1.165, 1.54) is 16.4 Å². The third-order valence-corrected chi connectivity index (χ3v) is 5.40. The summed E-state index contributed by atoms with van der Waals surface area (Å²) in [5.41, 5.74) is 3.69. The van der Waals surface area contributed by atoms with Gasteiger partial charge in [-0.25, -0.2) is 13.6 Å². The molecule has 3 aromatic rings. The summed E-state index contributed by atoms with van der Waals surface area (Å²) in [7, 11) is -0.851. The molecule has 0 saturated heterocycles. The lowest BCUT2D eigenvalue weighted by Gasteiger charge is -2.01. The summed E-state index contributed by atoms with van der Waals surface area (Å²) >= 11 is 0. The molecule has 0 radical (unpaired) electrons. The van der Waals surface area contributed by atoms with Gasteiger partial charge in [-0.2, -0.15) is 0 Å². The van der Waals surface area contributed by atoms with E-state index < -0.39 is 10.0 Å². The lowest BCUT2D eigenvalue weighted by molar-refractivity contribution is 0.597. The van der Waals surface area contributed by atoms with Gasteiger partial charge in [0.05, 0.1) is 4.90 Å². The minimum atomic E-state index is -3.54. The van der Waals surface area contributed by atoms with E-state index in [1.54, 1.807) is 12.1 Å². The van der Waals surface area contributed by atoms with Crippen LogP contribution in [0.15, 0.2) is 83.8 Å². The van der Waals surface area contributed by atoms with E-state index in [2.05, 4.69) is 64.7 Å². The molecule has 0 aliphatic heterocycles. The molecule has 0 bridgehead atoms. The smallest absolute Gasteiger partial charge is 0.225 e. The number of rotatable bonds is 5. The first-order chi connectivity index (χ1) is 12.9. The van der Waals surface area contributed by atoms with Gasteiger partial charge in [-0.15, -0.1) is 9.24 Å². The van der Waals surface area contributed by atoms with Gasteiger partial charge in [-0.3, -0.25) is 0 Å². The average Bonchev–Trinajstić information content (AvgIpc) is 2.68. The molecule has 0 saturated carbocycles. The highest BCUT2D eigenvalue weighted by Crippen LogP contribution is 2.17. The highest BCUT2D eigenvalue weighted by atomic mass is 32.2. The predicted molar refractivity (Wildman–Crippen MR) is 118 cm³/mol. The monoisotopic (exact) mass is 399 g/mol. The van der Waals surface area contributed by atoms with Gasteiger partial charge in [0.1, 0.15) is 0 Å². The molecule has 3 rings (SSSR count). The number of nitrogens with two attached hydrogens (primary N) is 1. The summed E-state index contributed by atoms with van der Waals surface area (Å²) in [4.78, 5) is 0.178. The zero-order valence-corrected chi connectivity index (χ0v) is 17.5. The van der Waals surface area contributed by atoms with Crippen molar-refractivity contribution in [2.75, 3.05) is 0 Å². The van der Waals surface area contributed by atoms with Gasteiger partial charge in [0.15, 0.2) is 0 Å². The van der Waals surface area contributed by atoms with Gasteiger partial charge >= 0.3 is 0 Å². The van der Waals surface area contributed by atoms with Crippen molar-refractivity contribution in [2.24, 2.45) is 5.14 Å². The Bertz CT molecular complexity index is 922. The van der Waals surface area contributed by atoms with Crippen LogP contribution in [0.4, 0.5) is 0 Å². The molecule has 0 aromatic heterocycles. The Balaban J connectivity index is 0.000000194. The molecule has 0 aliphatic rings. The quantitative estimate of drug-likeness (QED) is 0.641. The van der Waals surface area contributed by atoms with Crippen LogP contribution in [0.5, 0.6) is 0 Å². The third kappa shape index (κ3) is 7.26. The molecule has 2 N–H and O–H groups in total. The standard InChI is InChI=1S/C12H11P.C10H15NO2S/c13-12-8-6-11(7-9-12)10-4-2-1-3-5-10;1-2-3-4-9-5-7-10(8-6-9)14(11,12)13/h1-9H,13H2;5-8H,2-4H2,1H3,(H2,11,12,13). The van der Waals surface area contributed by atoms with Crippen molar-refractivity contribution in [1.82, 2.24) is 0 Å². The number of hydrogen-bond donors (Lipinski definition) is 1. The van der Waals surface area contributed by atoms with Crippen LogP contribution in [0.2, 0.25) is 0 Å². The van der Waals surface area contributed by atoms with Gasteiger partial charge in [-0.05, 0) is 47.0 Å². The highest BCUT2D eigenvalue weighted by Gasteiger charge is 2.06. The second-order valence-corrected chi connectivity index (χ2v) is 8.51. The van der Waals surface area contributed by atoms with Crippen LogP contribution in [-0.2, 0) is 16.4 Å². The van der Waals surface area contributed by atoms with Gasteiger partial charge in [0, 0.05) is 0 Å². The molecule has 27 heavy (non-hydrogen) atoms. The largest absolute Gasteiger partial charge is 0.238 e. The first-order valence-electron chi connectivity index (χ1n) is 8.93. The Hall–Kier alpha value is -2.00. The van der Waals surface area contributed by atoms with Gasteiger partial charge in [-0.1, -0.05) is 80.1 Å². The van der Waals surface area contributed by atoms with Crippen LogP contribution < -0.4 is 10.4 Å². The Morgan fingerprint density at radius 3 is 1.89 bits per heavy atom. The van der Waals surface area contributed by atoms with Crippen molar-refractivity contribution in [3.05, 3.63) is 84.4 Å². The first kappa shape index (κ1) is 21.3. The van der Waals surface area contributed by atoms with E-state index in [1.807, 2.05) is 18.2 Å². The normalized spacial score (nSPS) is 10.8. The topological polar surface area (TPSA) is 60.2 Å². The number of hydrogen-bond acceptors (Lipinski definition) is 2. The van der Waals surface area contributed by atoms with Crippen molar-refractivity contribution in [1.29, 1.82) is 0 Å². The van der Waals surface area contributed by atoms with Gasteiger partial charge in [0.2, 0.25) is 10.0 Å². The fraction of sp³-hybridized carbons (Fsp3) is 0.182. The van der Waals surface area contributed by atoms with Gasteiger partial charge < -0.3 is 0 Å². The fourth-order valence-corrected chi connectivity index (χ4v) is 3.24. The van der Waals surface area contributed by atoms with Crippen molar-refractivity contribution in [2.45, 2.75) is 31.1 Å². The van der Waals surface area contributed by atoms with E-state index in [9.17, 15) is 8.42 Å². The average molecular weight is 399 g/mol.